The number of unbranched alkanes of at least 4 members (excludes halogenated alkanes) is 20. The molecule has 0 N–H and O–H groups in total. The molecule has 376 valence electrons. The van der Waals surface area contributed by atoms with E-state index in [1.807, 2.05) is 9.80 Å². The average molecular weight is 906 g/mol. The molecule has 0 aromatic rings. The van der Waals surface area contributed by atoms with Gasteiger partial charge in [-0.25, -0.2) is 0 Å². The normalized spacial score (nSPS) is 13.1. The summed E-state index contributed by atoms with van der Waals surface area (Å²) in [5, 5.41) is 0. The van der Waals surface area contributed by atoms with Crippen LogP contribution in [-0.2, 0) is 28.7 Å². The second kappa shape index (κ2) is 43.3. The number of piperazine rings is 1. The minimum atomic E-state index is -0.203. The van der Waals surface area contributed by atoms with E-state index in [1.54, 1.807) is 0 Å². The lowest BCUT2D eigenvalue weighted by Gasteiger charge is -2.37. The van der Waals surface area contributed by atoms with Crippen molar-refractivity contribution >= 4 is 23.8 Å². The Kier molecular flexibility index (Phi) is 40.5. The van der Waals surface area contributed by atoms with E-state index in [1.165, 1.54) is 128 Å². The third-order valence-electron chi connectivity index (χ3n) is 12.9. The Hall–Kier alpha value is -2.24. The number of carbonyl (C=O) groups excluding carboxylic acids is 4. The average Bonchev–Trinajstić information content (AvgIpc) is 3.29. The van der Waals surface area contributed by atoms with E-state index in [-0.39, 0.29) is 30.3 Å². The summed E-state index contributed by atoms with van der Waals surface area (Å²) in [4.78, 5) is 63.2. The summed E-state index contributed by atoms with van der Waals surface area (Å²) >= 11 is 0. The summed E-state index contributed by atoms with van der Waals surface area (Å²) in [6.07, 6.45) is 32.9. The molecule has 64 heavy (non-hydrogen) atoms. The largest absolute Gasteiger partial charge is 0.466 e. The molecule has 0 aliphatic carbocycles. The number of nitrogens with zero attached hydrogens (tertiary/aromatic N) is 5. The summed E-state index contributed by atoms with van der Waals surface area (Å²) in [6, 6.07) is 0. The Labute approximate surface area is 394 Å². The maximum atomic E-state index is 13.9. The van der Waals surface area contributed by atoms with Gasteiger partial charge in [0.15, 0.2) is 0 Å². The van der Waals surface area contributed by atoms with Crippen molar-refractivity contribution in [1.82, 2.24) is 24.5 Å². The Morgan fingerprint density at radius 1 is 0.344 bits per heavy atom. The first-order chi connectivity index (χ1) is 31.3. The number of hydrogen-bond acceptors (Lipinski definition) is 9. The van der Waals surface area contributed by atoms with Crippen LogP contribution in [0.1, 0.15) is 221 Å². The number of esters is 2. The molecule has 1 fully saturated rings. The van der Waals surface area contributed by atoms with E-state index in [0.29, 0.717) is 84.7 Å². The van der Waals surface area contributed by atoms with Crippen LogP contribution in [0.2, 0.25) is 0 Å². The van der Waals surface area contributed by atoms with E-state index in [2.05, 4.69) is 49.3 Å². The van der Waals surface area contributed by atoms with Gasteiger partial charge in [-0.3, -0.25) is 29.0 Å². The summed E-state index contributed by atoms with van der Waals surface area (Å²) in [5.41, 5.74) is 0. The van der Waals surface area contributed by atoms with Crippen molar-refractivity contribution in [3.63, 3.8) is 0 Å². The molecule has 0 unspecified atom stereocenters. The number of ether oxygens (including phenoxy) is 2. The molecule has 0 saturated carbocycles. The molecule has 0 spiro atoms. The molecule has 0 aromatic heterocycles. The Bertz CT molecular complexity index is 1070. The van der Waals surface area contributed by atoms with E-state index in [9.17, 15) is 19.2 Å². The maximum absolute atomic E-state index is 13.9. The van der Waals surface area contributed by atoms with Crippen LogP contribution < -0.4 is 0 Å². The Morgan fingerprint density at radius 2 is 0.625 bits per heavy atom. The molecule has 0 radical (unpaired) electrons. The Balaban J connectivity index is 2.83. The van der Waals surface area contributed by atoms with Gasteiger partial charge in [0.1, 0.15) is 0 Å². The molecule has 1 aliphatic heterocycles. The predicted molar refractivity (Wildman–Crippen MR) is 267 cm³/mol. The van der Waals surface area contributed by atoms with E-state index in [4.69, 9.17) is 9.47 Å². The SMILES string of the molecule is CCCCCCCCCN(CCCCCCCCC)CCN(CCCCCCCCC)CC(=O)N1CCN(C(=O)CN(CCCC(=O)OCCCC)CCCC(=O)OCCCC)CC1. The van der Waals surface area contributed by atoms with Crippen molar-refractivity contribution in [1.29, 1.82) is 0 Å². The maximum Gasteiger partial charge on any atom is 0.305 e. The molecular weight excluding hydrogens is 803 g/mol. The molecule has 1 heterocycles. The molecule has 0 atom stereocenters. The molecule has 1 aliphatic rings. The summed E-state index contributed by atoms with van der Waals surface area (Å²) in [5.74, 6) is -0.194. The lowest BCUT2D eigenvalue weighted by Crippen LogP contribution is -2.54. The predicted octanol–water partition coefficient (Wildman–Crippen LogP) is 11.1. The van der Waals surface area contributed by atoms with E-state index >= 15 is 0 Å². The highest BCUT2D eigenvalue weighted by Crippen LogP contribution is 2.13. The highest BCUT2D eigenvalue weighted by molar-refractivity contribution is 5.80. The van der Waals surface area contributed by atoms with Crippen LogP contribution in [0.25, 0.3) is 0 Å². The second-order valence-corrected chi connectivity index (χ2v) is 18.9. The zero-order valence-corrected chi connectivity index (χ0v) is 42.8. The van der Waals surface area contributed by atoms with Crippen molar-refractivity contribution in [2.24, 2.45) is 0 Å². The molecule has 1 rings (SSSR count). The van der Waals surface area contributed by atoms with Crippen molar-refractivity contribution < 1.29 is 28.7 Å². The van der Waals surface area contributed by atoms with Gasteiger partial charge in [-0.15, -0.1) is 0 Å². The molecule has 11 nitrogen and oxygen atoms in total. The quantitative estimate of drug-likeness (QED) is 0.0436. The number of amides is 2. The van der Waals surface area contributed by atoms with Gasteiger partial charge >= 0.3 is 11.9 Å². The van der Waals surface area contributed by atoms with Gasteiger partial charge < -0.3 is 24.2 Å². The van der Waals surface area contributed by atoms with Crippen LogP contribution in [0.5, 0.6) is 0 Å². The molecule has 11 heteroatoms. The van der Waals surface area contributed by atoms with Gasteiger partial charge in [-0.2, -0.15) is 0 Å². The van der Waals surface area contributed by atoms with Crippen molar-refractivity contribution in [2.45, 2.75) is 221 Å². The summed E-state index contributed by atoms with van der Waals surface area (Å²) in [6.45, 7) is 21.0. The smallest absolute Gasteiger partial charge is 0.305 e. The van der Waals surface area contributed by atoms with Crippen molar-refractivity contribution in [3.8, 4) is 0 Å². The van der Waals surface area contributed by atoms with Crippen LogP contribution in [0.4, 0.5) is 0 Å². The zero-order valence-electron chi connectivity index (χ0n) is 42.8. The molecule has 0 bridgehead atoms. The van der Waals surface area contributed by atoms with Crippen LogP contribution >= 0.6 is 0 Å². The molecular formula is C53H103N5O6. The van der Waals surface area contributed by atoms with Gasteiger partial charge in [0.2, 0.25) is 11.8 Å². The number of carbonyl (C=O) groups is 4. The summed E-state index contributed by atoms with van der Waals surface area (Å²) < 4.78 is 10.7. The minimum absolute atomic E-state index is 0.0331. The summed E-state index contributed by atoms with van der Waals surface area (Å²) in [7, 11) is 0. The van der Waals surface area contributed by atoms with E-state index in [0.717, 1.165) is 64.8 Å². The topological polar surface area (TPSA) is 103 Å². The lowest BCUT2D eigenvalue weighted by molar-refractivity contribution is -0.144. The van der Waals surface area contributed by atoms with Crippen LogP contribution in [0.15, 0.2) is 0 Å². The van der Waals surface area contributed by atoms with Crippen molar-refractivity contribution in [3.05, 3.63) is 0 Å². The highest BCUT2D eigenvalue weighted by Gasteiger charge is 2.26. The molecule has 1 saturated heterocycles. The minimum Gasteiger partial charge on any atom is -0.466 e. The van der Waals surface area contributed by atoms with Crippen LogP contribution in [0.3, 0.4) is 0 Å². The fraction of sp³-hybridized carbons (Fsp3) is 0.925. The number of hydrogen-bond donors (Lipinski definition) is 0. The fourth-order valence-corrected chi connectivity index (χ4v) is 8.52. The van der Waals surface area contributed by atoms with E-state index < -0.39 is 0 Å². The monoisotopic (exact) mass is 906 g/mol. The standard InChI is InChI=1S/C53H103N5O6/c1-6-11-16-19-22-25-28-35-54(36-29-26-23-20-17-12-7-2)40-41-56(37-30-27-24-21-18-13-8-3)49-51(60)58-44-42-57(43-45-58)50(59)48-55(38-31-33-52(61)63-46-14-9-4)39-32-34-53(62)64-47-15-10-5/h6-49H2,1-5H3. The number of rotatable bonds is 45. The second-order valence-electron chi connectivity index (χ2n) is 18.9. The third-order valence-corrected chi connectivity index (χ3v) is 12.9. The molecule has 2 amide bonds. The first-order valence-corrected chi connectivity index (χ1v) is 27.3. The van der Waals surface area contributed by atoms with Gasteiger partial charge in [0.25, 0.3) is 0 Å². The van der Waals surface area contributed by atoms with Gasteiger partial charge in [0.05, 0.1) is 26.3 Å². The molecule has 0 aromatic carbocycles. The van der Waals surface area contributed by atoms with Gasteiger partial charge in [-0.1, -0.05) is 163 Å². The Morgan fingerprint density at radius 3 is 0.984 bits per heavy atom. The first kappa shape index (κ1) is 59.8. The fourth-order valence-electron chi connectivity index (χ4n) is 8.52. The highest BCUT2D eigenvalue weighted by atomic mass is 16.5. The van der Waals surface area contributed by atoms with Crippen LogP contribution in [0, 0.1) is 0 Å². The van der Waals surface area contributed by atoms with Crippen LogP contribution in [-0.4, -0.2) is 147 Å². The van der Waals surface area contributed by atoms with Crippen molar-refractivity contribution in [2.75, 3.05) is 98.3 Å². The van der Waals surface area contributed by atoms with Gasteiger partial charge in [0, 0.05) is 52.1 Å². The third kappa shape index (κ3) is 34.1. The lowest BCUT2D eigenvalue weighted by atomic mass is 10.1. The zero-order chi connectivity index (χ0) is 46.7. The first-order valence-electron chi connectivity index (χ1n) is 27.3. The van der Waals surface area contributed by atoms with Gasteiger partial charge in [-0.05, 0) is 77.7 Å².